The van der Waals surface area contributed by atoms with Gasteiger partial charge >= 0.3 is 0 Å². The second-order valence-electron chi connectivity index (χ2n) is 4.13. The van der Waals surface area contributed by atoms with Crippen molar-refractivity contribution in [3.05, 3.63) is 58.8 Å². The average Bonchev–Trinajstić information content (AvgIpc) is 2.82. The zero-order valence-electron chi connectivity index (χ0n) is 9.98. The number of para-hydroxylation sites is 3. The Morgan fingerprint density at radius 3 is 2.53 bits per heavy atom. The first-order valence-electron chi connectivity index (χ1n) is 5.83. The van der Waals surface area contributed by atoms with Gasteiger partial charge in [-0.3, -0.25) is 0 Å². The van der Waals surface area contributed by atoms with Gasteiger partial charge in [-0.05, 0) is 24.3 Å². The molecule has 0 atom stereocenters. The van der Waals surface area contributed by atoms with E-state index in [1.807, 2.05) is 47.0 Å². The van der Waals surface area contributed by atoms with Crippen LogP contribution < -0.4 is 5.32 Å². The molecule has 3 rings (SSSR count). The maximum absolute atomic E-state index is 6.12. The number of anilines is 1. The largest absolute Gasteiger partial charge is 0.365 e. The lowest BCUT2D eigenvalue weighted by Gasteiger charge is -2.11. The predicted octanol–water partition coefficient (Wildman–Crippen LogP) is 4.41. The zero-order chi connectivity index (χ0) is 13.2. The minimum Gasteiger partial charge on any atom is -0.365 e. The van der Waals surface area contributed by atoms with E-state index in [4.69, 9.17) is 23.2 Å². The molecule has 1 heterocycles. The SMILES string of the molecule is Clc1cccc(Cl)c1NCn1cnc2ccccc21. The fourth-order valence-electron chi connectivity index (χ4n) is 1.97. The molecule has 96 valence electrons. The fraction of sp³-hybridized carbons (Fsp3) is 0.0714. The van der Waals surface area contributed by atoms with Crippen LogP contribution in [-0.4, -0.2) is 9.55 Å². The van der Waals surface area contributed by atoms with E-state index in [1.165, 1.54) is 0 Å². The molecule has 3 aromatic rings. The maximum Gasteiger partial charge on any atom is 0.0973 e. The van der Waals surface area contributed by atoms with E-state index in [1.54, 1.807) is 6.33 Å². The summed E-state index contributed by atoms with van der Waals surface area (Å²) in [5, 5.41) is 4.45. The van der Waals surface area contributed by atoms with Crippen molar-refractivity contribution in [2.45, 2.75) is 6.67 Å². The summed E-state index contributed by atoms with van der Waals surface area (Å²) in [6, 6.07) is 13.4. The van der Waals surface area contributed by atoms with E-state index in [0.717, 1.165) is 16.7 Å². The Kier molecular flexibility index (Phi) is 3.32. The third kappa shape index (κ3) is 2.39. The van der Waals surface area contributed by atoms with Gasteiger partial charge in [-0.15, -0.1) is 0 Å². The number of nitrogens with one attached hydrogen (secondary N) is 1. The van der Waals surface area contributed by atoms with Crippen molar-refractivity contribution >= 4 is 39.9 Å². The summed E-state index contributed by atoms with van der Waals surface area (Å²) in [6.07, 6.45) is 1.79. The highest BCUT2D eigenvalue weighted by atomic mass is 35.5. The smallest absolute Gasteiger partial charge is 0.0973 e. The van der Waals surface area contributed by atoms with E-state index < -0.39 is 0 Å². The second kappa shape index (κ2) is 5.11. The molecule has 0 unspecified atom stereocenters. The number of nitrogens with zero attached hydrogens (tertiary/aromatic N) is 2. The Hall–Kier alpha value is -1.71. The average molecular weight is 292 g/mol. The number of rotatable bonds is 3. The van der Waals surface area contributed by atoms with E-state index >= 15 is 0 Å². The minimum atomic E-state index is 0.559. The molecule has 1 aromatic heterocycles. The highest BCUT2D eigenvalue weighted by Crippen LogP contribution is 2.29. The standard InChI is InChI=1S/C14H11Cl2N3/c15-10-4-3-5-11(16)14(10)18-9-19-8-17-12-6-1-2-7-13(12)19/h1-8,18H,9H2. The molecule has 0 saturated heterocycles. The molecule has 0 saturated carbocycles. The molecule has 3 nitrogen and oxygen atoms in total. The number of hydrogen-bond donors (Lipinski definition) is 1. The van der Waals surface area contributed by atoms with Crippen LogP contribution in [0.25, 0.3) is 11.0 Å². The third-order valence-electron chi connectivity index (χ3n) is 2.92. The minimum absolute atomic E-state index is 0.559. The highest BCUT2D eigenvalue weighted by Gasteiger charge is 2.06. The number of hydrogen-bond acceptors (Lipinski definition) is 2. The summed E-state index contributed by atoms with van der Waals surface area (Å²) >= 11 is 12.2. The molecular formula is C14H11Cl2N3. The van der Waals surface area contributed by atoms with Crippen LogP contribution in [0.1, 0.15) is 0 Å². The first-order chi connectivity index (χ1) is 9.25. The molecule has 0 aliphatic rings. The normalized spacial score (nSPS) is 10.8. The summed E-state index contributed by atoms with van der Waals surface area (Å²) in [4.78, 5) is 4.33. The van der Waals surface area contributed by atoms with Gasteiger partial charge in [-0.2, -0.15) is 0 Å². The fourth-order valence-corrected chi connectivity index (χ4v) is 2.50. The van der Waals surface area contributed by atoms with Crippen LogP contribution in [0, 0.1) is 0 Å². The van der Waals surface area contributed by atoms with Gasteiger partial charge in [0.05, 0.1) is 39.8 Å². The van der Waals surface area contributed by atoms with Crippen LogP contribution in [0.5, 0.6) is 0 Å². The van der Waals surface area contributed by atoms with Crippen LogP contribution in [-0.2, 0) is 6.67 Å². The Morgan fingerprint density at radius 1 is 1.00 bits per heavy atom. The maximum atomic E-state index is 6.12. The molecule has 0 aliphatic heterocycles. The number of imidazole rings is 1. The molecule has 2 aromatic carbocycles. The predicted molar refractivity (Wildman–Crippen MR) is 79.8 cm³/mol. The number of benzene rings is 2. The molecule has 19 heavy (non-hydrogen) atoms. The summed E-state index contributed by atoms with van der Waals surface area (Å²) in [5.74, 6) is 0. The van der Waals surface area contributed by atoms with Gasteiger partial charge in [0.2, 0.25) is 0 Å². The van der Waals surface area contributed by atoms with Crippen LogP contribution in [0.3, 0.4) is 0 Å². The van der Waals surface area contributed by atoms with E-state index in [0.29, 0.717) is 16.7 Å². The summed E-state index contributed by atoms with van der Waals surface area (Å²) in [6.45, 7) is 0.559. The Balaban J connectivity index is 1.87. The molecule has 1 N–H and O–H groups in total. The van der Waals surface area contributed by atoms with Gasteiger partial charge in [0, 0.05) is 0 Å². The van der Waals surface area contributed by atoms with Crippen molar-refractivity contribution in [2.24, 2.45) is 0 Å². The number of aromatic nitrogens is 2. The van der Waals surface area contributed by atoms with Gasteiger partial charge in [0.25, 0.3) is 0 Å². The Bertz CT molecular complexity index is 701. The Morgan fingerprint density at radius 2 is 1.74 bits per heavy atom. The first kappa shape index (κ1) is 12.3. The van der Waals surface area contributed by atoms with E-state index in [9.17, 15) is 0 Å². The van der Waals surface area contributed by atoms with Crippen molar-refractivity contribution < 1.29 is 0 Å². The molecule has 5 heteroatoms. The van der Waals surface area contributed by atoms with Crippen molar-refractivity contribution in [3.63, 3.8) is 0 Å². The van der Waals surface area contributed by atoms with Crippen molar-refractivity contribution in [1.82, 2.24) is 9.55 Å². The lowest BCUT2D eigenvalue weighted by molar-refractivity contribution is 0.800. The van der Waals surface area contributed by atoms with Crippen LogP contribution in [0.15, 0.2) is 48.8 Å². The summed E-state index contributed by atoms with van der Waals surface area (Å²) < 4.78 is 2.01. The molecule has 0 spiro atoms. The zero-order valence-corrected chi connectivity index (χ0v) is 11.5. The van der Waals surface area contributed by atoms with Gasteiger partial charge in [0.15, 0.2) is 0 Å². The topological polar surface area (TPSA) is 29.9 Å². The number of halogens is 2. The monoisotopic (exact) mass is 291 g/mol. The molecular weight excluding hydrogens is 281 g/mol. The van der Waals surface area contributed by atoms with E-state index in [2.05, 4.69) is 10.3 Å². The van der Waals surface area contributed by atoms with Gasteiger partial charge < -0.3 is 9.88 Å². The third-order valence-corrected chi connectivity index (χ3v) is 3.55. The molecule has 0 aliphatic carbocycles. The molecule has 0 radical (unpaired) electrons. The summed E-state index contributed by atoms with van der Waals surface area (Å²) in [5.41, 5.74) is 2.77. The first-order valence-corrected chi connectivity index (χ1v) is 6.59. The van der Waals surface area contributed by atoms with Crippen LogP contribution in [0.2, 0.25) is 10.0 Å². The molecule has 0 fully saturated rings. The summed E-state index contributed by atoms with van der Waals surface area (Å²) in [7, 11) is 0. The lowest BCUT2D eigenvalue weighted by Crippen LogP contribution is -2.07. The van der Waals surface area contributed by atoms with Gasteiger partial charge in [0.1, 0.15) is 0 Å². The lowest BCUT2D eigenvalue weighted by atomic mass is 10.3. The highest BCUT2D eigenvalue weighted by molar-refractivity contribution is 6.39. The van der Waals surface area contributed by atoms with Crippen molar-refractivity contribution in [1.29, 1.82) is 0 Å². The Labute approximate surface area is 120 Å². The van der Waals surface area contributed by atoms with Crippen LogP contribution in [0.4, 0.5) is 5.69 Å². The van der Waals surface area contributed by atoms with Crippen molar-refractivity contribution in [2.75, 3.05) is 5.32 Å². The van der Waals surface area contributed by atoms with Gasteiger partial charge in [-0.25, -0.2) is 4.98 Å². The van der Waals surface area contributed by atoms with Gasteiger partial charge in [-0.1, -0.05) is 41.4 Å². The second-order valence-corrected chi connectivity index (χ2v) is 4.95. The molecule has 0 bridgehead atoms. The number of fused-ring (bicyclic) bond motifs is 1. The molecule has 0 amide bonds. The quantitative estimate of drug-likeness (QED) is 0.774. The van der Waals surface area contributed by atoms with E-state index in [-0.39, 0.29) is 0 Å². The van der Waals surface area contributed by atoms with Crippen LogP contribution >= 0.6 is 23.2 Å². The van der Waals surface area contributed by atoms with Crippen molar-refractivity contribution in [3.8, 4) is 0 Å².